The first kappa shape index (κ1) is 13.2. The Bertz CT molecular complexity index is 569. The third kappa shape index (κ3) is 3.62. The van der Waals surface area contributed by atoms with Crippen molar-refractivity contribution in [2.24, 2.45) is 0 Å². The summed E-state index contributed by atoms with van der Waals surface area (Å²) >= 11 is 0. The minimum Gasteiger partial charge on any atom is -0.476 e. The highest BCUT2D eigenvalue weighted by atomic mass is 19.1. The Kier molecular flexibility index (Phi) is 4.25. The maximum absolute atomic E-state index is 13.3. The lowest BCUT2D eigenvalue weighted by atomic mass is 10.1. The molecule has 2 N–H and O–H groups in total. The third-order valence-corrected chi connectivity index (χ3v) is 2.61. The van der Waals surface area contributed by atoms with Crippen LogP contribution in [0.3, 0.4) is 0 Å². The van der Waals surface area contributed by atoms with E-state index in [9.17, 15) is 9.18 Å². The fraction of sp³-hybridized carbons (Fsp3) is 0.231. The Hall–Kier alpha value is -2.21. The predicted octanol–water partition coefficient (Wildman–Crippen LogP) is 1.84. The fourth-order valence-electron chi connectivity index (χ4n) is 1.63. The highest BCUT2D eigenvalue weighted by Gasteiger charge is 2.10. The van der Waals surface area contributed by atoms with Crippen molar-refractivity contribution in [3.8, 4) is 0 Å². The lowest BCUT2D eigenvalue weighted by Gasteiger charge is -2.03. The minimum absolute atomic E-state index is 0.120. The topological polar surface area (TPSA) is 75.4 Å². The molecular formula is C13H13FN2O3. The van der Waals surface area contributed by atoms with E-state index in [1.165, 1.54) is 12.1 Å². The molecule has 19 heavy (non-hydrogen) atoms. The van der Waals surface area contributed by atoms with E-state index in [2.05, 4.69) is 10.5 Å². The largest absolute Gasteiger partial charge is 0.476 e. The summed E-state index contributed by atoms with van der Waals surface area (Å²) in [6, 6.07) is 7.94. The van der Waals surface area contributed by atoms with Crippen LogP contribution < -0.4 is 5.32 Å². The number of nitrogens with one attached hydrogen (secondary N) is 1. The second kappa shape index (κ2) is 6.10. The van der Waals surface area contributed by atoms with Crippen molar-refractivity contribution in [1.29, 1.82) is 0 Å². The first-order valence-electron chi connectivity index (χ1n) is 5.80. The number of nitrogens with zero attached hydrogens (tertiary/aromatic N) is 1. The molecule has 1 heterocycles. The highest BCUT2D eigenvalue weighted by Crippen LogP contribution is 2.07. The molecule has 0 aliphatic carbocycles. The van der Waals surface area contributed by atoms with Crippen molar-refractivity contribution in [1.82, 2.24) is 10.5 Å². The monoisotopic (exact) mass is 264 g/mol. The molecule has 100 valence electrons. The van der Waals surface area contributed by atoms with Gasteiger partial charge in [0.2, 0.25) is 0 Å². The zero-order valence-corrected chi connectivity index (χ0v) is 10.1. The van der Waals surface area contributed by atoms with Gasteiger partial charge in [0.15, 0.2) is 11.5 Å². The molecule has 0 saturated carbocycles. The van der Waals surface area contributed by atoms with Gasteiger partial charge in [0.1, 0.15) is 5.82 Å². The van der Waals surface area contributed by atoms with E-state index in [-0.39, 0.29) is 11.5 Å². The number of hydrogen-bond donors (Lipinski definition) is 2. The van der Waals surface area contributed by atoms with Gasteiger partial charge in [-0.3, -0.25) is 0 Å². The molecule has 0 amide bonds. The zero-order chi connectivity index (χ0) is 13.7. The number of aromatic carboxylic acids is 1. The molecule has 0 unspecified atom stereocenters. The summed E-state index contributed by atoms with van der Waals surface area (Å²) in [7, 11) is 0. The number of benzene rings is 1. The molecule has 0 spiro atoms. The number of hydrogen-bond acceptors (Lipinski definition) is 4. The van der Waals surface area contributed by atoms with Crippen LogP contribution in [-0.2, 0) is 13.0 Å². The van der Waals surface area contributed by atoms with Gasteiger partial charge in [-0.25, -0.2) is 9.18 Å². The van der Waals surface area contributed by atoms with Gasteiger partial charge in [-0.1, -0.05) is 23.4 Å². The molecule has 0 aliphatic rings. The van der Waals surface area contributed by atoms with Crippen LogP contribution >= 0.6 is 0 Å². The van der Waals surface area contributed by atoms with Crippen LogP contribution in [0.15, 0.2) is 34.9 Å². The van der Waals surface area contributed by atoms with E-state index in [4.69, 9.17) is 9.63 Å². The number of carboxylic acid groups (broad SMARTS) is 1. The Labute approximate surface area is 109 Å². The summed E-state index contributed by atoms with van der Waals surface area (Å²) in [5.74, 6) is -0.913. The number of carboxylic acids is 1. The van der Waals surface area contributed by atoms with Gasteiger partial charge >= 0.3 is 5.97 Å². The van der Waals surface area contributed by atoms with Crippen molar-refractivity contribution in [3.05, 3.63) is 53.2 Å². The standard InChI is InChI=1S/C13H13FN2O3/c14-11-4-2-1-3-9(11)5-6-15-8-10-7-12(13(17)18)16-19-10/h1-4,7,15H,5-6,8H2,(H,17,18). The molecule has 0 aliphatic heterocycles. The molecule has 6 heteroatoms. The first-order chi connectivity index (χ1) is 9.16. The second-order valence-corrected chi connectivity index (χ2v) is 4.00. The highest BCUT2D eigenvalue weighted by molar-refractivity contribution is 5.85. The molecule has 2 rings (SSSR count). The Morgan fingerprint density at radius 1 is 1.42 bits per heavy atom. The van der Waals surface area contributed by atoms with Gasteiger partial charge in [0.25, 0.3) is 0 Å². The van der Waals surface area contributed by atoms with Gasteiger partial charge in [0, 0.05) is 6.07 Å². The van der Waals surface area contributed by atoms with E-state index in [0.717, 1.165) is 0 Å². The fourth-order valence-corrected chi connectivity index (χ4v) is 1.63. The molecule has 1 aromatic heterocycles. The minimum atomic E-state index is -1.12. The van der Waals surface area contributed by atoms with E-state index < -0.39 is 5.97 Å². The second-order valence-electron chi connectivity index (χ2n) is 4.00. The molecule has 0 saturated heterocycles. The maximum atomic E-state index is 13.3. The number of halogens is 1. The summed E-state index contributed by atoms with van der Waals surface area (Å²) in [4.78, 5) is 10.6. The van der Waals surface area contributed by atoms with Crippen LogP contribution in [0.5, 0.6) is 0 Å². The van der Waals surface area contributed by atoms with Crippen molar-refractivity contribution < 1.29 is 18.8 Å². The van der Waals surface area contributed by atoms with Crippen LogP contribution in [-0.4, -0.2) is 22.8 Å². The van der Waals surface area contributed by atoms with Crippen molar-refractivity contribution in [2.45, 2.75) is 13.0 Å². The van der Waals surface area contributed by atoms with Crippen molar-refractivity contribution in [2.75, 3.05) is 6.54 Å². The van der Waals surface area contributed by atoms with Crippen LogP contribution in [0.4, 0.5) is 4.39 Å². The van der Waals surface area contributed by atoms with Crippen molar-refractivity contribution >= 4 is 5.97 Å². The quantitative estimate of drug-likeness (QED) is 0.779. The molecule has 2 aromatic rings. The summed E-state index contributed by atoms with van der Waals surface area (Å²) in [6.45, 7) is 0.915. The Morgan fingerprint density at radius 2 is 2.21 bits per heavy atom. The van der Waals surface area contributed by atoms with Crippen molar-refractivity contribution in [3.63, 3.8) is 0 Å². The normalized spacial score (nSPS) is 10.6. The lowest BCUT2D eigenvalue weighted by Crippen LogP contribution is -2.16. The van der Waals surface area contributed by atoms with E-state index >= 15 is 0 Å². The molecular weight excluding hydrogens is 251 g/mol. The van der Waals surface area contributed by atoms with Gasteiger partial charge in [-0.15, -0.1) is 0 Å². The van der Waals surface area contributed by atoms with E-state index in [1.54, 1.807) is 18.2 Å². The molecule has 0 atom stereocenters. The van der Waals surface area contributed by atoms with E-state index in [0.29, 0.717) is 30.8 Å². The van der Waals surface area contributed by atoms with Crippen LogP contribution in [0.1, 0.15) is 21.8 Å². The number of aromatic nitrogens is 1. The summed E-state index contributed by atoms with van der Waals surface area (Å²) < 4.78 is 18.1. The van der Waals surface area contributed by atoms with Crippen LogP contribution in [0.2, 0.25) is 0 Å². The molecule has 0 radical (unpaired) electrons. The van der Waals surface area contributed by atoms with Gasteiger partial charge in [-0.2, -0.15) is 0 Å². The number of carbonyl (C=O) groups is 1. The summed E-state index contributed by atoms with van der Waals surface area (Å²) in [5.41, 5.74) is 0.518. The molecule has 0 bridgehead atoms. The average molecular weight is 264 g/mol. The van der Waals surface area contributed by atoms with Crippen LogP contribution in [0.25, 0.3) is 0 Å². The van der Waals surface area contributed by atoms with Gasteiger partial charge in [-0.05, 0) is 24.6 Å². The predicted molar refractivity (Wildman–Crippen MR) is 65.3 cm³/mol. The van der Waals surface area contributed by atoms with Gasteiger partial charge < -0.3 is 14.9 Å². The Balaban J connectivity index is 1.77. The smallest absolute Gasteiger partial charge is 0.358 e. The zero-order valence-electron chi connectivity index (χ0n) is 10.1. The third-order valence-electron chi connectivity index (χ3n) is 2.61. The lowest BCUT2D eigenvalue weighted by molar-refractivity contribution is 0.0685. The molecule has 0 fully saturated rings. The number of rotatable bonds is 6. The van der Waals surface area contributed by atoms with Gasteiger partial charge in [0.05, 0.1) is 6.54 Å². The van der Waals surface area contributed by atoms with Crippen LogP contribution in [0, 0.1) is 5.82 Å². The molecule has 5 nitrogen and oxygen atoms in total. The summed E-state index contributed by atoms with van der Waals surface area (Å²) in [6.07, 6.45) is 0.548. The van der Waals surface area contributed by atoms with E-state index in [1.807, 2.05) is 0 Å². The first-order valence-corrected chi connectivity index (χ1v) is 5.80. The Morgan fingerprint density at radius 3 is 2.89 bits per heavy atom. The molecule has 1 aromatic carbocycles. The SMILES string of the molecule is O=C(O)c1cc(CNCCc2ccccc2F)on1. The average Bonchev–Trinajstić information content (AvgIpc) is 2.85. The maximum Gasteiger partial charge on any atom is 0.358 e. The summed E-state index contributed by atoms with van der Waals surface area (Å²) in [5, 5.41) is 15.1.